The van der Waals surface area contributed by atoms with Gasteiger partial charge in [0, 0.05) is 11.8 Å². The van der Waals surface area contributed by atoms with Crippen LogP contribution in [0.4, 0.5) is 0 Å². The Hall–Kier alpha value is -1.13. The third-order valence-electron chi connectivity index (χ3n) is 2.36. The Balaban J connectivity index is 2.77. The molecule has 0 saturated carbocycles. The second-order valence-electron chi connectivity index (χ2n) is 3.84. The molecule has 1 heterocycles. The van der Waals surface area contributed by atoms with Crippen LogP contribution in [-0.4, -0.2) is 31.9 Å². The number of hydrogen-bond donors (Lipinski definition) is 1. The second kappa shape index (κ2) is 6.45. The standard InChI is InChI=1S/C12H20N2O2/c1-9(2)16-8-11(13-3)10-5-6-14-7-12(10)15-4/h5-7,9,11,13H,8H2,1-4H3. The average molecular weight is 224 g/mol. The third kappa shape index (κ3) is 3.47. The van der Waals surface area contributed by atoms with Crippen LogP contribution in [0.5, 0.6) is 5.75 Å². The molecule has 0 bridgehead atoms. The minimum Gasteiger partial charge on any atom is -0.495 e. The Morgan fingerprint density at radius 2 is 2.19 bits per heavy atom. The number of methoxy groups -OCH3 is 1. The highest BCUT2D eigenvalue weighted by molar-refractivity contribution is 5.32. The number of likely N-dealkylation sites (N-methyl/N-ethyl adjacent to an activating group) is 1. The molecule has 0 aliphatic rings. The fourth-order valence-corrected chi connectivity index (χ4v) is 1.47. The zero-order valence-corrected chi connectivity index (χ0v) is 10.4. The van der Waals surface area contributed by atoms with Gasteiger partial charge in [0.05, 0.1) is 32.1 Å². The number of nitrogens with one attached hydrogen (secondary N) is 1. The summed E-state index contributed by atoms with van der Waals surface area (Å²) in [5.41, 5.74) is 1.07. The molecule has 1 atom stereocenters. The maximum absolute atomic E-state index is 5.61. The van der Waals surface area contributed by atoms with E-state index in [-0.39, 0.29) is 12.1 Å². The lowest BCUT2D eigenvalue weighted by Crippen LogP contribution is -2.24. The van der Waals surface area contributed by atoms with Crippen molar-refractivity contribution in [2.75, 3.05) is 20.8 Å². The van der Waals surface area contributed by atoms with E-state index < -0.39 is 0 Å². The van der Waals surface area contributed by atoms with Gasteiger partial charge in [-0.3, -0.25) is 4.98 Å². The first-order valence-corrected chi connectivity index (χ1v) is 5.45. The summed E-state index contributed by atoms with van der Waals surface area (Å²) in [6, 6.07) is 2.07. The third-order valence-corrected chi connectivity index (χ3v) is 2.36. The van der Waals surface area contributed by atoms with E-state index in [1.807, 2.05) is 27.0 Å². The van der Waals surface area contributed by atoms with E-state index in [9.17, 15) is 0 Å². The average Bonchev–Trinajstić information content (AvgIpc) is 2.30. The minimum absolute atomic E-state index is 0.125. The highest BCUT2D eigenvalue weighted by Crippen LogP contribution is 2.23. The first-order chi connectivity index (χ1) is 7.69. The summed E-state index contributed by atoms with van der Waals surface area (Å²) in [5.74, 6) is 0.786. The van der Waals surface area contributed by atoms with Gasteiger partial charge in [-0.1, -0.05) is 0 Å². The van der Waals surface area contributed by atoms with Crippen molar-refractivity contribution in [2.24, 2.45) is 0 Å². The normalized spacial score (nSPS) is 12.8. The van der Waals surface area contributed by atoms with Crippen molar-refractivity contribution in [3.05, 3.63) is 24.0 Å². The van der Waals surface area contributed by atoms with Crippen LogP contribution in [0.15, 0.2) is 18.5 Å². The number of nitrogens with zero attached hydrogens (tertiary/aromatic N) is 1. The Bertz CT molecular complexity index is 316. The van der Waals surface area contributed by atoms with Crippen molar-refractivity contribution < 1.29 is 9.47 Å². The minimum atomic E-state index is 0.125. The molecule has 1 aromatic heterocycles. The van der Waals surface area contributed by atoms with Crippen LogP contribution < -0.4 is 10.1 Å². The number of pyridine rings is 1. The van der Waals surface area contributed by atoms with Crippen LogP contribution in [0.3, 0.4) is 0 Å². The lowest BCUT2D eigenvalue weighted by Gasteiger charge is -2.20. The largest absolute Gasteiger partial charge is 0.495 e. The quantitative estimate of drug-likeness (QED) is 0.800. The van der Waals surface area contributed by atoms with Gasteiger partial charge in [0.15, 0.2) is 0 Å². The van der Waals surface area contributed by atoms with Crippen molar-refractivity contribution in [3.8, 4) is 5.75 Å². The van der Waals surface area contributed by atoms with Gasteiger partial charge in [0.25, 0.3) is 0 Å². The van der Waals surface area contributed by atoms with Crippen LogP contribution in [0.2, 0.25) is 0 Å². The molecular weight excluding hydrogens is 204 g/mol. The lowest BCUT2D eigenvalue weighted by atomic mass is 10.1. The van der Waals surface area contributed by atoms with Gasteiger partial charge in [-0.15, -0.1) is 0 Å². The number of aromatic nitrogens is 1. The van der Waals surface area contributed by atoms with E-state index in [2.05, 4.69) is 10.3 Å². The Kier molecular flexibility index (Phi) is 5.22. The molecule has 0 aliphatic heterocycles. The van der Waals surface area contributed by atoms with Crippen LogP contribution in [-0.2, 0) is 4.74 Å². The Morgan fingerprint density at radius 1 is 1.44 bits per heavy atom. The molecule has 0 aliphatic carbocycles. The SMILES string of the molecule is CNC(COC(C)C)c1ccncc1OC. The molecule has 0 spiro atoms. The Morgan fingerprint density at radius 3 is 2.75 bits per heavy atom. The molecule has 4 heteroatoms. The number of rotatable bonds is 6. The molecule has 1 rings (SSSR count). The van der Waals surface area contributed by atoms with E-state index in [1.54, 1.807) is 19.5 Å². The molecule has 90 valence electrons. The van der Waals surface area contributed by atoms with E-state index in [0.29, 0.717) is 6.61 Å². The first kappa shape index (κ1) is 12.9. The van der Waals surface area contributed by atoms with Crippen molar-refractivity contribution in [3.63, 3.8) is 0 Å². The molecule has 1 aromatic rings. The summed E-state index contributed by atoms with van der Waals surface area (Å²) < 4.78 is 10.9. The number of ether oxygens (including phenoxy) is 2. The molecule has 0 aromatic carbocycles. The topological polar surface area (TPSA) is 43.4 Å². The molecule has 0 saturated heterocycles. The van der Waals surface area contributed by atoms with Crippen molar-refractivity contribution in [1.82, 2.24) is 10.3 Å². The smallest absolute Gasteiger partial charge is 0.142 e. The predicted molar refractivity (Wildman–Crippen MR) is 63.7 cm³/mol. The molecule has 16 heavy (non-hydrogen) atoms. The van der Waals surface area contributed by atoms with Crippen molar-refractivity contribution in [2.45, 2.75) is 26.0 Å². The van der Waals surface area contributed by atoms with Gasteiger partial charge in [-0.2, -0.15) is 0 Å². The van der Waals surface area contributed by atoms with Crippen LogP contribution >= 0.6 is 0 Å². The molecule has 0 radical (unpaired) electrons. The molecule has 0 fully saturated rings. The summed E-state index contributed by atoms with van der Waals surface area (Å²) in [4.78, 5) is 4.03. The van der Waals surface area contributed by atoms with E-state index >= 15 is 0 Å². The van der Waals surface area contributed by atoms with Gasteiger partial charge in [-0.25, -0.2) is 0 Å². The van der Waals surface area contributed by atoms with E-state index in [0.717, 1.165) is 11.3 Å². The maximum atomic E-state index is 5.61. The molecule has 1 N–H and O–H groups in total. The summed E-state index contributed by atoms with van der Waals surface area (Å²) in [5, 5.41) is 3.22. The van der Waals surface area contributed by atoms with Crippen LogP contribution in [0.1, 0.15) is 25.5 Å². The number of hydrogen-bond acceptors (Lipinski definition) is 4. The Labute approximate surface area is 97.0 Å². The van der Waals surface area contributed by atoms with Crippen LogP contribution in [0, 0.1) is 0 Å². The fraction of sp³-hybridized carbons (Fsp3) is 0.583. The highest BCUT2D eigenvalue weighted by atomic mass is 16.5. The zero-order chi connectivity index (χ0) is 12.0. The van der Waals surface area contributed by atoms with Crippen molar-refractivity contribution in [1.29, 1.82) is 0 Å². The maximum Gasteiger partial charge on any atom is 0.142 e. The van der Waals surface area contributed by atoms with Crippen molar-refractivity contribution >= 4 is 0 Å². The van der Waals surface area contributed by atoms with Gasteiger partial charge < -0.3 is 14.8 Å². The summed E-state index contributed by atoms with van der Waals surface area (Å²) in [6.45, 7) is 4.67. The van der Waals surface area contributed by atoms with Gasteiger partial charge in [0.1, 0.15) is 5.75 Å². The van der Waals surface area contributed by atoms with E-state index in [4.69, 9.17) is 9.47 Å². The predicted octanol–water partition coefficient (Wildman–Crippen LogP) is 1.78. The zero-order valence-electron chi connectivity index (χ0n) is 10.4. The van der Waals surface area contributed by atoms with Gasteiger partial charge >= 0.3 is 0 Å². The molecule has 4 nitrogen and oxygen atoms in total. The molecular formula is C12H20N2O2. The lowest BCUT2D eigenvalue weighted by molar-refractivity contribution is 0.0621. The fourth-order valence-electron chi connectivity index (χ4n) is 1.47. The summed E-state index contributed by atoms with van der Waals surface area (Å²) in [6.07, 6.45) is 3.70. The first-order valence-electron chi connectivity index (χ1n) is 5.45. The summed E-state index contributed by atoms with van der Waals surface area (Å²) >= 11 is 0. The molecule has 1 unspecified atom stereocenters. The highest BCUT2D eigenvalue weighted by Gasteiger charge is 2.14. The monoisotopic (exact) mass is 224 g/mol. The second-order valence-corrected chi connectivity index (χ2v) is 3.84. The van der Waals surface area contributed by atoms with E-state index in [1.165, 1.54) is 0 Å². The van der Waals surface area contributed by atoms with Gasteiger partial charge in [0.2, 0.25) is 0 Å². The van der Waals surface area contributed by atoms with Crippen LogP contribution in [0.25, 0.3) is 0 Å². The molecule has 0 amide bonds. The van der Waals surface area contributed by atoms with Gasteiger partial charge in [-0.05, 0) is 27.0 Å². The summed E-state index contributed by atoms with van der Waals surface area (Å²) in [7, 11) is 3.56.